The van der Waals surface area contributed by atoms with Crippen LogP contribution in [0.5, 0.6) is 0 Å². The van der Waals surface area contributed by atoms with Gasteiger partial charge in [0.2, 0.25) is 10.0 Å². The number of sulfonamides is 1. The Morgan fingerprint density at radius 2 is 1.91 bits per heavy atom. The van der Waals surface area contributed by atoms with Crippen molar-refractivity contribution in [3.05, 3.63) is 29.3 Å². The number of thiocarbonyl (C=S) groups is 1. The van der Waals surface area contributed by atoms with Crippen molar-refractivity contribution in [1.82, 2.24) is 14.5 Å². The van der Waals surface area contributed by atoms with Gasteiger partial charge in [-0.3, -0.25) is 0 Å². The maximum Gasteiger partial charge on any atom is 0.243 e. The van der Waals surface area contributed by atoms with Crippen LogP contribution in [0.25, 0.3) is 0 Å². The first kappa shape index (κ1) is 17.5. The summed E-state index contributed by atoms with van der Waals surface area (Å²) in [5, 5.41) is 4.27. The van der Waals surface area contributed by atoms with E-state index < -0.39 is 10.0 Å². The molecule has 1 fully saturated rings. The van der Waals surface area contributed by atoms with Gasteiger partial charge in [0.05, 0.1) is 4.90 Å². The average Bonchev–Trinajstić information content (AvgIpc) is 2.46. The summed E-state index contributed by atoms with van der Waals surface area (Å²) >= 11 is 11.2. The van der Waals surface area contributed by atoms with Crippen molar-refractivity contribution < 1.29 is 8.42 Å². The number of hydrogen-bond acceptors (Lipinski definition) is 3. The standard InChI is InChI=1S/C14H20ClN3O2S2/c1-11(2)16-14(21)17-6-8-18(9-7-17)22(19,20)13-5-3-4-12(15)10-13/h3-5,10-11H,6-9H2,1-2H3,(H,16,21). The van der Waals surface area contributed by atoms with E-state index in [9.17, 15) is 8.42 Å². The molecule has 2 rings (SSSR count). The molecule has 0 aromatic heterocycles. The molecule has 1 aliphatic heterocycles. The fraction of sp³-hybridized carbons (Fsp3) is 0.500. The molecule has 0 unspecified atom stereocenters. The highest BCUT2D eigenvalue weighted by Crippen LogP contribution is 2.20. The first-order valence-corrected chi connectivity index (χ1v) is 9.34. The lowest BCUT2D eigenvalue weighted by molar-refractivity contribution is 0.263. The number of piperazine rings is 1. The van der Waals surface area contributed by atoms with Crippen LogP contribution in [-0.4, -0.2) is 55.0 Å². The minimum absolute atomic E-state index is 0.233. The van der Waals surface area contributed by atoms with Gasteiger partial charge in [-0.15, -0.1) is 0 Å². The monoisotopic (exact) mass is 361 g/mol. The lowest BCUT2D eigenvalue weighted by Gasteiger charge is -2.36. The summed E-state index contributed by atoms with van der Waals surface area (Å²) < 4.78 is 26.7. The molecule has 0 atom stereocenters. The predicted molar refractivity (Wildman–Crippen MR) is 92.7 cm³/mol. The average molecular weight is 362 g/mol. The van der Waals surface area contributed by atoms with Crippen LogP contribution in [0.3, 0.4) is 0 Å². The highest BCUT2D eigenvalue weighted by molar-refractivity contribution is 7.89. The lowest BCUT2D eigenvalue weighted by Crippen LogP contribution is -2.53. The van der Waals surface area contributed by atoms with Crippen LogP contribution in [0.4, 0.5) is 0 Å². The number of nitrogens with zero attached hydrogens (tertiary/aromatic N) is 2. The van der Waals surface area contributed by atoms with Gasteiger partial charge >= 0.3 is 0 Å². The Bertz CT molecular complexity index is 641. The van der Waals surface area contributed by atoms with E-state index in [0.29, 0.717) is 36.3 Å². The summed E-state index contributed by atoms with van der Waals surface area (Å²) in [5.41, 5.74) is 0. The van der Waals surface area contributed by atoms with Crippen LogP contribution in [-0.2, 0) is 10.0 Å². The van der Waals surface area contributed by atoms with Crippen LogP contribution >= 0.6 is 23.8 Å². The summed E-state index contributed by atoms with van der Waals surface area (Å²) in [4.78, 5) is 2.23. The number of halogens is 1. The van der Waals surface area contributed by atoms with Gasteiger partial charge in [0.15, 0.2) is 5.11 Å². The summed E-state index contributed by atoms with van der Waals surface area (Å²) in [6.07, 6.45) is 0. The molecule has 0 amide bonds. The molecule has 0 saturated carbocycles. The van der Waals surface area contributed by atoms with E-state index in [1.165, 1.54) is 10.4 Å². The third kappa shape index (κ3) is 4.10. The topological polar surface area (TPSA) is 52.6 Å². The first-order valence-electron chi connectivity index (χ1n) is 7.12. The molecule has 1 saturated heterocycles. The minimum Gasteiger partial charge on any atom is -0.360 e. The highest BCUT2D eigenvalue weighted by Gasteiger charge is 2.29. The van der Waals surface area contributed by atoms with Gasteiger partial charge < -0.3 is 10.2 Å². The molecule has 0 aliphatic carbocycles. The van der Waals surface area contributed by atoms with Crippen molar-refractivity contribution in [3.63, 3.8) is 0 Å². The third-order valence-electron chi connectivity index (χ3n) is 3.37. The Hall–Kier alpha value is -0.890. The van der Waals surface area contributed by atoms with Crippen molar-refractivity contribution in [2.75, 3.05) is 26.2 Å². The van der Waals surface area contributed by atoms with E-state index in [1.807, 2.05) is 18.7 Å². The molecule has 5 nitrogen and oxygen atoms in total. The van der Waals surface area contributed by atoms with Crippen LogP contribution in [0.2, 0.25) is 5.02 Å². The lowest BCUT2D eigenvalue weighted by atomic mass is 10.3. The SMILES string of the molecule is CC(C)NC(=S)N1CCN(S(=O)(=O)c2cccc(Cl)c2)CC1. The Morgan fingerprint density at radius 1 is 1.27 bits per heavy atom. The van der Waals surface area contributed by atoms with Crippen LogP contribution < -0.4 is 5.32 Å². The zero-order valence-corrected chi connectivity index (χ0v) is 15.0. The summed E-state index contributed by atoms with van der Waals surface area (Å²) in [6.45, 7) is 6.03. The molecule has 22 heavy (non-hydrogen) atoms. The van der Waals surface area contributed by atoms with Gasteiger partial charge in [0.1, 0.15) is 0 Å². The molecule has 8 heteroatoms. The van der Waals surface area contributed by atoms with Gasteiger partial charge in [-0.1, -0.05) is 17.7 Å². The van der Waals surface area contributed by atoms with E-state index in [0.717, 1.165) is 0 Å². The van der Waals surface area contributed by atoms with Crippen molar-refractivity contribution in [2.24, 2.45) is 0 Å². The van der Waals surface area contributed by atoms with Gasteiger partial charge in [0.25, 0.3) is 0 Å². The predicted octanol–water partition coefficient (Wildman–Crippen LogP) is 1.93. The van der Waals surface area contributed by atoms with Crippen molar-refractivity contribution in [1.29, 1.82) is 0 Å². The molecule has 1 aromatic rings. The normalized spacial score (nSPS) is 16.8. The van der Waals surface area contributed by atoms with Gasteiger partial charge in [0, 0.05) is 37.2 Å². The molecule has 1 aromatic carbocycles. The smallest absolute Gasteiger partial charge is 0.243 e. The number of benzene rings is 1. The minimum atomic E-state index is -3.50. The van der Waals surface area contributed by atoms with Gasteiger partial charge in [-0.2, -0.15) is 4.31 Å². The Morgan fingerprint density at radius 3 is 2.45 bits per heavy atom. The third-order valence-corrected chi connectivity index (χ3v) is 5.88. The maximum absolute atomic E-state index is 12.6. The fourth-order valence-electron chi connectivity index (χ4n) is 2.25. The molecule has 122 valence electrons. The molecule has 0 spiro atoms. The quantitative estimate of drug-likeness (QED) is 0.834. The Labute approximate surface area is 142 Å². The zero-order valence-electron chi connectivity index (χ0n) is 12.6. The molecule has 0 bridgehead atoms. The summed E-state index contributed by atoms with van der Waals surface area (Å²) in [7, 11) is -3.50. The molecular weight excluding hydrogens is 342 g/mol. The van der Waals surface area contributed by atoms with E-state index in [-0.39, 0.29) is 10.9 Å². The Kier molecular flexibility index (Phi) is 5.65. The Balaban J connectivity index is 2.03. The highest BCUT2D eigenvalue weighted by atomic mass is 35.5. The van der Waals surface area contributed by atoms with Crippen LogP contribution in [0.1, 0.15) is 13.8 Å². The van der Waals surface area contributed by atoms with Gasteiger partial charge in [-0.05, 0) is 44.3 Å². The van der Waals surface area contributed by atoms with Crippen molar-refractivity contribution in [3.8, 4) is 0 Å². The second-order valence-corrected chi connectivity index (χ2v) is 8.21. The molecular formula is C14H20ClN3O2S2. The van der Waals surface area contributed by atoms with E-state index in [1.54, 1.807) is 18.2 Å². The second kappa shape index (κ2) is 7.12. The molecule has 1 heterocycles. The van der Waals surface area contributed by atoms with E-state index in [4.69, 9.17) is 23.8 Å². The molecule has 0 radical (unpaired) electrons. The largest absolute Gasteiger partial charge is 0.360 e. The fourth-order valence-corrected chi connectivity index (χ4v) is 4.39. The maximum atomic E-state index is 12.6. The van der Waals surface area contributed by atoms with Crippen LogP contribution in [0, 0.1) is 0 Å². The van der Waals surface area contributed by atoms with Crippen molar-refractivity contribution >= 4 is 39.0 Å². The summed E-state index contributed by atoms with van der Waals surface area (Å²) in [5.74, 6) is 0. The second-order valence-electron chi connectivity index (χ2n) is 5.45. The van der Waals surface area contributed by atoms with Crippen molar-refractivity contribution in [2.45, 2.75) is 24.8 Å². The van der Waals surface area contributed by atoms with E-state index >= 15 is 0 Å². The summed E-state index contributed by atoms with van der Waals surface area (Å²) in [6, 6.07) is 6.62. The van der Waals surface area contributed by atoms with Gasteiger partial charge in [-0.25, -0.2) is 8.42 Å². The first-order chi connectivity index (χ1) is 10.3. The van der Waals surface area contributed by atoms with Crippen LogP contribution in [0.15, 0.2) is 29.2 Å². The van der Waals surface area contributed by atoms with E-state index in [2.05, 4.69) is 5.32 Å². The molecule has 1 N–H and O–H groups in total. The number of rotatable bonds is 3. The number of nitrogens with one attached hydrogen (secondary N) is 1. The molecule has 1 aliphatic rings. The zero-order chi connectivity index (χ0) is 16.3. The number of hydrogen-bond donors (Lipinski definition) is 1.